The van der Waals surface area contributed by atoms with E-state index in [4.69, 9.17) is 18.7 Å². The zero-order valence-corrected chi connectivity index (χ0v) is 28.8. The molecule has 49 heavy (non-hydrogen) atoms. The summed E-state index contributed by atoms with van der Waals surface area (Å²) in [5.74, 6) is 1.64. The molecule has 8 nitrogen and oxygen atoms in total. The predicted molar refractivity (Wildman–Crippen MR) is 192 cm³/mol. The summed E-state index contributed by atoms with van der Waals surface area (Å²) < 4.78 is 24.4. The van der Waals surface area contributed by atoms with Gasteiger partial charge in [0.25, 0.3) is 5.91 Å². The average molecular weight is 660 g/mol. The zero-order valence-electron chi connectivity index (χ0n) is 28.8. The highest BCUT2D eigenvalue weighted by Gasteiger charge is 2.29. The molecule has 1 aliphatic heterocycles. The van der Waals surface area contributed by atoms with Crippen molar-refractivity contribution < 1.29 is 23.5 Å². The Morgan fingerprint density at radius 1 is 0.898 bits per heavy atom. The second-order valence-corrected chi connectivity index (χ2v) is 12.9. The first-order valence-electron chi connectivity index (χ1n) is 17.0. The van der Waals surface area contributed by atoms with E-state index in [9.17, 15) is 4.79 Å². The number of carbonyl (C=O) groups is 1. The summed E-state index contributed by atoms with van der Waals surface area (Å²) >= 11 is 0. The van der Waals surface area contributed by atoms with Crippen molar-refractivity contribution in [2.75, 3.05) is 33.9 Å². The lowest BCUT2D eigenvalue weighted by atomic mass is 9.91. The molecule has 2 heterocycles. The van der Waals surface area contributed by atoms with E-state index in [0.717, 1.165) is 47.5 Å². The van der Waals surface area contributed by atoms with Crippen LogP contribution in [0.15, 0.2) is 95.5 Å². The number of likely N-dealkylation sites (N-methyl/N-ethyl adjacent to an activating group) is 1. The quantitative estimate of drug-likeness (QED) is 0.121. The highest BCUT2D eigenvalue weighted by molar-refractivity contribution is 6.02. The standard InChI is InChI=1S/C41H45N3O5/c1-28(2)34-23-35(37(48-27-30-14-9-6-10-15-30)24-36(34)47-26-29-12-7-5-8-13-29)40-38(39(43-49-40)41(45)42-19-11-21-46-4)32-16-17-33-25-44(3)20-18-31(33)22-32/h5-10,12-17,22-24,28H,11,18-21,25-27H2,1-4H3,(H,42,45). The van der Waals surface area contributed by atoms with Crippen molar-refractivity contribution in [1.82, 2.24) is 15.4 Å². The number of nitrogens with zero attached hydrogens (tertiary/aromatic N) is 2. The Morgan fingerprint density at radius 3 is 2.27 bits per heavy atom. The molecule has 1 N–H and O–H groups in total. The Balaban J connectivity index is 1.47. The van der Waals surface area contributed by atoms with Gasteiger partial charge in [-0.3, -0.25) is 4.79 Å². The van der Waals surface area contributed by atoms with Gasteiger partial charge in [-0.2, -0.15) is 0 Å². The minimum absolute atomic E-state index is 0.128. The van der Waals surface area contributed by atoms with Crippen LogP contribution < -0.4 is 14.8 Å². The van der Waals surface area contributed by atoms with Gasteiger partial charge < -0.3 is 29.0 Å². The highest BCUT2D eigenvalue weighted by atomic mass is 16.5. The topological polar surface area (TPSA) is 86.1 Å². The molecular formula is C41H45N3O5. The van der Waals surface area contributed by atoms with Crippen molar-refractivity contribution in [3.63, 3.8) is 0 Å². The van der Waals surface area contributed by atoms with Gasteiger partial charge >= 0.3 is 0 Å². The van der Waals surface area contributed by atoms with Crippen LogP contribution in [0.25, 0.3) is 22.5 Å². The lowest BCUT2D eigenvalue weighted by Gasteiger charge is -2.25. The lowest BCUT2D eigenvalue weighted by molar-refractivity contribution is 0.0940. The number of benzene rings is 4. The lowest BCUT2D eigenvalue weighted by Crippen LogP contribution is -2.27. The number of hydrogen-bond donors (Lipinski definition) is 1. The highest BCUT2D eigenvalue weighted by Crippen LogP contribution is 2.45. The molecule has 0 saturated heterocycles. The maximum Gasteiger partial charge on any atom is 0.274 e. The molecule has 1 amide bonds. The molecule has 1 aliphatic rings. The third-order valence-corrected chi connectivity index (χ3v) is 8.87. The molecular weight excluding hydrogens is 614 g/mol. The molecule has 1 aromatic heterocycles. The van der Waals surface area contributed by atoms with E-state index in [2.05, 4.69) is 72.7 Å². The minimum Gasteiger partial charge on any atom is -0.488 e. The van der Waals surface area contributed by atoms with E-state index in [0.29, 0.717) is 55.4 Å². The molecule has 0 aliphatic carbocycles. The second kappa shape index (κ2) is 16.0. The molecule has 0 unspecified atom stereocenters. The van der Waals surface area contributed by atoms with E-state index >= 15 is 0 Å². The number of nitrogens with one attached hydrogen (secondary N) is 1. The number of amides is 1. The molecule has 0 bridgehead atoms. The first-order valence-corrected chi connectivity index (χ1v) is 17.0. The third-order valence-electron chi connectivity index (χ3n) is 8.87. The molecule has 0 fully saturated rings. The third kappa shape index (κ3) is 8.21. The van der Waals surface area contributed by atoms with Crippen molar-refractivity contribution in [3.8, 4) is 33.9 Å². The fraction of sp³-hybridized carbons (Fsp3) is 0.317. The molecule has 5 aromatic rings. The Hall–Kier alpha value is -4.92. The van der Waals surface area contributed by atoms with Crippen LogP contribution in [0.2, 0.25) is 0 Å². The average Bonchev–Trinajstić information content (AvgIpc) is 3.57. The number of methoxy groups -OCH3 is 1. The van der Waals surface area contributed by atoms with Crippen molar-refractivity contribution in [3.05, 3.63) is 125 Å². The van der Waals surface area contributed by atoms with E-state index in [1.54, 1.807) is 7.11 Å². The first-order chi connectivity index (χ1) is 23.9. The first kappa shape index (κ1) is 34.0. The van der Waals surface area contributed by atoms with Gasteiger partial charge in [-0.05, 0) is 65.3 Å². The Labute approximate surface area is 289 Å². The molecule has 0 atom stereocenters. The van der Waals surface area contributed by atoms with Crippen LogP contribution in [0, 0.1) is 0 Å². The number of carbonyl (C=O) groups excluding carboxylic acids is 1. The van der Waals surface area contributed by atoms with Gasteiger partial charge in [0.15, 0.2) is 11.5 Å². The van der Waals surface area contributed by atoms with Gasteiger partial charge in [-0.15, -0.1) is 0 Å². The van der Waals surface area contributed by atoms with Gasteiger partial charge in [-0.1, -0.05) is 97.9 Å². The SMILES string of the molecule is COCCCNC(=O)c1noc(-c2cc(C(C)C)c(OCc3ccccc3)cc2OCc2ccccc2)c1-c1ccc2c(c1)CCN(C)C2. The summed E-state index contributed by atoms with van der Waals surface area (Å²) in [6.07, 6.45) is 1.61. The van der Waals surface area contributed by atoms with Crippen LogP contribution in [0.5, 0.6) is 11.5 Å². The van der Waals surface area contributed by atoms with E-state index in [1.165, 1.54) is 11.1 Å². The predicted octanol–water partition coefficient (Wildman–Crippen LogP) is 8.04. The maximum atomic E-state index is 13.7. The zero-order chi connectivity index (χ0) is 34.2. The van der Waals surface area contributed by atoms with Crippen LogP contribution in [0.4, 0.5) is 0 Å². The summed E-state index contributed by atoms with van der Waals surface area (Å²) in [5.41, 5.74) is 8.13. The number of rotatable bonds is 14. The number of fused-ring (bicyclic) bond motifs is 1. The molecule has 0 saturated carbocycles. The molecule has 0 radical (unpaired) electrons. The molecule has 0 spiro atoms. The van der Waals surface area contributed by atoms with Gasteiger partial charge in [-0.25, -0.2) is 0 Å². The van der Waals surface area contributed by atoms with E-state index in [1.807, 2.05) is 54.6 Å². The summed E-state index contributed by atoms with van der Waals surface area (Å²) in [7, 11) is 3.79. The largest absolute Gasteiger partial charge is 0.488 e. The van der Waals surface area contributed by atoms with Crippen LogP contribution >= 0.6 is 0 Å². The van der Waals surface area contributed by atoms with Gasteiger partial charge in [0.05, 0.1) is 11.1 Å². The van der Waals surface area contributed by atoms with Crippen LogP contribution in [0.3, 0.4) is 0 Å². The van der Waals surface area contributed by atoms with Crippen molar-refractivity contribution >= 4 is 5.91 Å². The number of hydrogen-bond acceptors (Lipinski definition) is 7. The summed E-state index contributed by atoms with van der Waals surface area (Å²) in [6, 6.07) is 30.6. The van der Waals surface area contributed by atoms with Crippen molar-refractivity contribution in [2.45, 2.75) is 52.4 Å². The van der Waals surface area contributed by atoms with E-state index in [-0.39, 0.29) is 17.5 Å². The van der Waals surface area contributed by atoms with Gasteiger partial charge in [0.2, 0.25) is 0 Å². The molecule has 254 valence electrons. The van der Waals surface area contributed by atoms with Crippen molar-refractivity contribution in [1.29, 1.82) is 0 Å². The minimum atomic E-state index is -0.294. The molecule has 4 aromatic carbocycles. The summed E-state index contributed by atoms with van der Waals surface area (Å²) in [6.45, 7) is 7.91. The Kier molecular flexibility index (Phi) is 11.1. The number of aromatic nitrogens is 1. The van der Waals surface area contributed by atoms with Crippen LogP contribution in [-0.4, -0.2) is 49.8 Å². The van der Waals surface area contributed by atoms with Gasteiger partial charge in [0.1, 0.15) is 24.7 Å². The summed E-state index contributed by atoms with van der Waals surface area (Å²) in [5, 5.41) is 7.42. The fourth-order valence-electron chi connectivity index (χ4n) is 6.17. The second-order valence-electron chi connectivity index (χ2n) is 12.9. The Morgan fingerprint density at radius 2 is 1.59 bits per heavy atom. The van der Waals surface area contributed by atoms with Crippen molar-refractivity contribution in [2.24, 2.45) is 0 Å². The maximum absolute atomic E-state index is 13.7. The molecule has 8 heteroatoms. The van der Waals surface area contributed by atoms with Gasteiger partial charge in [0, 0.05) is 39.4 Å². The normalized spacial score (nSPS) is 12.9. The number of ether oxygens (including phenoxy) is 3. The molecule has 6 rings (SSSR count). The van der Waals surface area contributed by atoms with Crippen LogP contribution in [-0.2, 0) is 30.9 Å². The monoisotopic (exact) mass is 659 g/mol. The smallest absolute Gasteiger partial charge is 0.274 e. The Bertz CT molecular complexity index is 1850. The van der Waals surface area contributed by atoms with E-state index < -0.39 is 0 Å². The van der Waals surface area contributed by atoms with Crippen LogP contribution in [0.1, 0.15) is 64.5 Å². The summed E-state index contributed by atoms with van der Waals surface area (Å²) in [4.78, 5) is 16.0. The fourth-order valence-corrected chi connectivity index (χ4v) is 6.17.